The van der Waals surface area contributed by atoms with Gasteiger partial charge in [-0.05, 0) is 30.3 Å². The quantitative estimate of drug-likeness (QED) is 0.489. The molecule has 1 aliphatic heterocycles. The Balaban J connectivity index is 1.53. The Morgan fingerprint density at radius 3 is 2.47 bits per heavy atom. The summed E-state index contributed by atoms with van der Waals surface area (Å²) in [5, 5.41) is 0. The van der Waals surface area contributed by atoms with E-state index in [1.54, 1.807) is 47.4 Å². The lowest BCUT2D eigenvalue weighted by atomic mass is 10.1. The summed E-state index contributed by atoms with van der Waals surface area (Å²) in [5.41, 5.74) is 0.535. The first-order chi connectivity index (χ1) is 16.4. The van der Waals surface area contributed by atoms with E-state index < -0.39 is 22.1 Å². The highest BCUT2D eigenvalue weighted by Crippen LogP contribution is 2.23. The minimum atomic E-state index is -3.91. The van der Waals surface area contributed by atoms with Gasteiger partial charge in [0.15, 0.2) is 0 Å². The van der Waals surface area contributed by atoms with Crippen LogP contribution in [0.15, 0.2) is 82.3 Å². The van der Waals surface area contributed by atoms with E-state index in [0.717, 1.165) is 0 Å². The SMILES string of the molecule is O=C(OC(C(=O)N1CCOCC1)c1ccccc1)c1cccc(S(=O)(=O)NCc2ccco2)c1. The van der Waals surface area contributed by atoms with Crippen molar-refractivity contribution in [2.75, 3.05) is 26.3 Å². The van der Waals surface area contributed by atoms with E-state index in [2.05, 4.69) is 4.72 Å². The molecule has 178 valence electrons. The van der Waals surface area contributed by atoms with Gasteiger partial charge in [-0.1, -0.05) is 36.4 Å². The predicted octanol–water partition coefficient (Wildman–Crippen LogP) is 2.52. The Morgan fingerprint density at radius 2 is 1.76 bits per heavy atom. The fraction of sp³-hybridized carbons (Fsp3) is 0.250. The largest absolute Gasteiger partial charge is 0.468 e. The normalized spacial score (nSPS) is 15.0. The van der Waals surface area contributed by atoms with Crippen LogP contribution in [0.1, 0.15) is 27.8 Å². The van der Waals surface area contributed by atoms with E-state index in [9.17, 15) is 18.0 Å². The van der Waals surface area contributed by atoms with Crippen molar-refractivity contribution < 1.29 is 31.9 Å². The number of furan rings is 1. The summed E-state index contributed by atoms with van der Waals surface area (Å²) in [5.74, 6) is -0.711. The summed E-state index contributed by atoms with van der Waals surface area (Å²) in [6, 6.07) is 17.5. The monoisotopic (exact) mass is 484 g/mol. The number of rotatable bonds is 8. The molecule has 3 aromatic rings. The van der Waals surface area contributed by atoms with Crippen LogP contribution in [-0.4, -0.2) is 51.5 Å². The molecule has 0 aliphatic carbocycles. The van der Waals surface area contributed by atoms with E-state index in [4.69, 9.17) is 13.9 Å². The molecular formula is C24H24N2O7S. The molecule has 1 aliphatic rings. The van der Waals surface area contributed by atoms with Crippen LogP contribution in [0.2, 0.25) is 0 Å². The molecule has 1 atom stereocenters. The molecule has 1 amide bonds. The lowest BCUT2D eigenvalue weighted by Crippen LogP contribution is -2.44. The lowest BCUT2D eigenvalue weighted by Gasteiger charge is -2.30. The molecule has 0 radical (unpaired) electrons. The van der Waals surface area contributed by atoms with Crippen LogP contribution in [0, 0.1) is 0 Å². The average Bonchev–Trinajstić information content (AvgIpc) is 3.41. The second kappa shape index (κ2) is 10.6. The molecule has 0 spiro atoms. The first-order valence-corrected chi connectivity index (χ1v) is 12.2. The van der Waals surface area contributed by atoms with Crippen LogP contribution in [0.4, 0.5) is 0 Å². The van der Waals surface area contributed by atoms with Gasteiger partial charge in [-0.3, -0.25) is 4.79 Å². The summed E-state index contributed by atoms with van der Waals surface area (Å²) in [4.78, 5) is 27.6. The summed E-state index contributed by atoms with van der Waals surface area (Å²) in [6.45, 7) is 1.58. The zero-order valence-corrected chi connectivity index (χ0v) is 19.1. The Hall–Kier alpha value is -3.47. The maximum atomic E-state index is 13.2. The van der Waals surface area contributed by atoms with Crippen molar-refractivity contribution >= 4 is 21.9 Å². The minimum Gasteiger partial charge on any atom is -0.468 e. The molecule has 2 aromatic carbocycles. The van der Waals surface area contributed by atoms with Gasteiger partial charge in [-0.15, -0.1) is 0 Å². The van der Waals surface area contributed by atoms with E-state index >= 15 is 0 Å². The molecule has 1 N–H and O–H groups in total. The van der Waals surface area contributed by atoms with Gasteiger partial charge in [0.2, 0.25) is 16.1 Å². The number of carbonyl (C=O) groups excluding carboxylic acids is 2. The molecular weight excluding hydrogens is 460 g/mol. The van der Waals surface area contributed by atoms with Crippen molar-refractivity contribution in [3.63, 3.8) is 0 Å². The Labute approximate surface area is 197 Å². The smallest absolute Gasteiger partial charge is 0.339 e. The molecule has 2 heterocycles. The van der Waals surface area contributed by atoms with E-state index in [-0.39, 0.29) is 22.9 Å². The summed E-state index contributed by atoms with van der Waals surface area (Å²) in [6.07, 6.45) is 0.283. The number of morpholine rings is 1. The standard InChI is InChI=1S/C24H24N2O7S/c27-23(26-11-14-31-15-12-26)22(18-6-2-1-3-7-18)33-24(28)19-8-4-10-21(16-19)34(29,30)25-17-20-9-5-13-32-20/h1-10,13,16,22,25H,11-12,14-15,17H2. The van der Waals surface area contributed by atoms with Crippen LogP contribution in [0.25, 0.3) is 0 Å². The van der Waals surface area contributed by atoms with E-state index in [1.165, 1.54) is 30.5 Å². The lowest BCUT2D eigenvalue weighted by molar-refractivity contribution is -0.145. The van der Waals surface area contributed by atoms with Crippen molar-refractivity contribution in [2.45, 2.75) is 17.5 Å². The Morgan fingerprint density at radius 1 is 1.00 bits per heavy atom. The maximum Gasteiger partial charge on any atom is 0.339 e. The third-order valence-electron chi connectivity index (χ3n) is 5.27. The van der Waals surface area contributed by atoms with Crippen LogP contribution in [0.5, 0.6) is 0 Å². The van der Waals surface area contributed by atoms with Gasteiger partial charge in [0, 0.05) is 18.7 Å². The molecule has 10 heteroatoms. The molecule has 1 saturated heterocycles. The predicted molar refractivity (Wildman–Crippen MR) is 121 cm³/mol. The van der Waals surface area contributed by atoms with Gasteiger partial charge in [0.05, 0.1) is 36.5 Å². The highest BCUT2D eigenvalue weighted by molar-refractivity contribution is 7.89. The Bertz CT molecular complexity index is 1220. The molecule has 0 bridgehead atoms. The first-order valence-electron chi connectivity index (χ1n) is 10.7. The molecule has 1 aromatic heterocycles. The van der Waals surface area contributed by atoms with Crippen molar-refractivity contribution in [3.8, 4) is 0 Å². The molecule has 0 saturated carbocycles. The summed E-state index contributed by atoms with van der Waals surface area (Å²) >= 11 is 0. The van der Waals surface area contributed by atoms with Crippen molar-refractivity contribution in [3.05, 3.63) is 89.9 Å². The number of hydrogen-bond acceptors (Lipinski definition) is 7. The highest BCUT2D eigenvalue weighted by Gasteiger charge is 2.31. The summed E-state index contributed by atoms with van der Waals surface area (Å²) in [7, 11) is -3.91. The number of esters is 1. The number of ether oxygens (including phenoxy) is 2. The average molecular weight is 485 g/mol. The third kappa shape index (κ3) is 5.71. The number of nitrogens with one attached hydrogen (secondary N) is 1. The third-order valence-corrected chi connectivity index (χ3v) is 6.67. The number of sulfonamides is 1. The highest BCUT2D eigenvalue weighted by atomic mass is 32.2. The zero-order valence-electron chi connectivity index (χ0n) is 18.3. The van der Waals surface area contributed by atoms with Crippen molar-refractivity contribution in [2.24, 2.45) is 0 Å². The van der Waals surface area contributed by atoms with Gasteiger partial charge in [0.1, 0.15) is 5.76 Å². The molecule has 4 rings (SSSR count). The fourth-order valence-electron chi connectivity index (χ4n) is 3.47. The number of amides is 1. The van der Waals surface area contributed by atoms with E-state index in [1.807, 2.05) is 0 Å². The van der Waals surface area contributed by atoms with Crippen LogP contribution in [-0.2, 0) is 30.8 Å². The molecule has 34 heavy (non-hydrogen) atoms. The molecule has 1 fully saturated rings. The Kier molecular flexibility index (Phi) is 7.41. The zero-order chi connectivity index (χ0) is 24.0. The number of nitrogens with zero attached hydrogens (tertiary/aromatic N) is 1. The maximum absolute atomic E-state index is 13.2. The van der Waals surface area contributed by atoms with E-state index in [0.29, 0.717) is 37.6 Å². The number of carbonyl (C=O) groups is 2. The second-order valence-corrected chi connectivity index (χ2v) is 9.33. The van der Waals surface area contributed by atoms with Gasteiger partial charge in [0.25, 0.3) is 5.91 Å². The van der Waals surface area contributed by atoms with Crippen molar-refractivity contribution in [1.82, 2.24) is 9.62 Å². The van der Waals surface area contributed by atoms with Crippen LogP contribution in [0.3, 0.4) is 0 Å². The minimum absolute atomic E-state index is 0.0107. The van der Waals surface area contributed by atoms with Gasteiger partial charge >= 0.3 is 5.97 Å². The number of benzene rings is 2. The molecule has 9 nitrogen and oxygen atoms in total. The van der Waals surface area contributed by atoms with Gasteiger partial charge in [-0.25, -0.2) is 17.9 Å². The van der Waals surface area contributed by atoms with Gasteiger partial charge < -0.3 is 18.8 Å². The first kappa shape index (κ1) is 23.7. The van der Waals surface area contributed by atoms with Gasteiger partial charge in [-0.2, -0.15) is 0 Å². The van der Waals surface area contributed by atoms with Crippen LogP contribution < -0.4 is 4.72 Å². The topological polar surface area (TPSA) is 115 Å². The molecule has 1 unspecified atom stereocenters. The fourth-order valence-corrected chi connectivity index (χ4v) is 4.51. The second-order valence-electron chi connectivity index (χ2n) is 7.57. The number of hydrogen-bond donors (Lipinski definition) is 1. The summed E-state index contributed by atoms with van der Waals surface area (Å²) < 4.78 is 43.9. The van der Waals surface area contributed by atoms with Crippen LogP contribution >= 0.6 is 0 Å². The van der Waals surface area contributed by atoms with Crippen molar-refractivity contribution in [1.29, 1.82) is 0 Å².